The largest absolute Gasteiger partial charge is 0.389 e. The molecule has 1 saturated heterocycles. The topological polar surface area (TPSA) is 41.5 Å². The first-order valence-electron chi connectivity index (χ1n) is 7.62. The lowest BCUT2D eigenvalue weighted by atomic mass is 9.79. The number of hydrogen-bond acceptors (Lipinski definition) is 3. The highest BCUT2D eigenvalue weighted by Gasteiger charge is 2.32. The SMILES string of the molecule is CC1CCC(O)(CN[C@H](C)C2CCOCC2)CC1. The van der Waals surface area contributed by atoms with Crippen LogP contribution >= 0.6 is 0 Å². The summed E-state index contributed by atoms with van der Waals surface area (Å²) in [5.41, 5.74) is -0.452. The summed E-state index contributed by atoms with van der Waals surface area (Å²) in [5, 5.41) is 14.1. The second kappa shape index (κ2) is 6.36. The molecule has 0 radical (unpaired) electrons. The van der Waals surface area contributed by atoms with Gasteiger partial charge in [-0.1, -0.05) is 6.92 Å². The molecule has 1 atom stereocenters. The molecule has 18 heavy (non-hydrogen) atoms. The van der Waals surface area contributed by atoms with E-state index in [4.69, 9.17) is 4.74 Å². The second-order valence-electron chi connectivity index (χ2n) is 6.53. The van der Waals surface area contributed by atoms with Crippen LogP contribution in [-0.4, -0.2) is 36.5 Å². The first-order chi connectivity index (χ1) is 8.59. The zero-order chi connectivity index (χ0) is 13.0. The van der Waals surface area contributed by atoms with E-state index in [1.54, 1.807) is 0 Å². The minimum Gasteiger partial charge on any atom is -0.389 e. The van der Waals surface area contributed by atoms with Crippen molar-refractivity contribution in [2.75, 3.05) is 19.8 Å². The Balaban J connectivity index is 1.72. The Morgan fingerprint density at radius 2 is 1.83 bits per heavy atom. The summed E-state index contributed by atoms with van der Waals surface area (Å²) in [6.07, 6.45) is 6.57. The first-order valence-corrected chi connectivity index (χ1v) is 7.62. The van der Waals surface area contributed by atoms with Crippen molar-refractivity contribution in [2.45, 2.75) is 64.0 Å². The van der Waals surface area contributed by atoms with Gasteiger partial charge in [-0.15, -0.1) is 0 Å². The predicted molar refractivity (Wildman–Crippen MR) is 73.6 cm³/mol. The Kier molecular flexibility index (Phi) is 5.05. The number of hydrogen-bond donors (Lipinski definition) is 2. The summed E-state index contributed by atoms with van der Waals surface area (Å²) in [6, 6.07) is 0.497. The van der Waals surface area contributed by atoms with E-state index >= 15 is 0 Å². The van der Waals surface area contributed by atoms with Gasteiger partial charge in [-0.3, -0.25) is 0 Å². The highest BCUT2D eigenvalue weighted by molar-refractivity contribution is 4.88. The van der Waals surface area contributed by atoms with Gasteiger partial charge in [0.15, 0.2) is 0 Å². The summed E-state index contributed by atoms with van der Waals surface area (Å²) >= 11 is 0. The molecule has 0 bridgehead atoms. The minimum absolute atomic E-state index is 0.452. The van der Waals surface area contributed by atoms with Crippen molar-refractivity contribution in [3.05, 3.63) is 0 Å². The van der Waals surface area contributed by atoms with Crippen molar-refractivity contribution in [1.82, 2.24) is 5.32 Å². The molecule has 2 N–H and O–H groups in total. The number of nitrogens with one attached hydrogen (secondary N) is 1. The maximum absolute atomic E-state index is 10.5. The van der Waals surface area contributed by atoms with E-state index in [9.17, 15) is 5.11 Å². The highest BCUT2D eigenvalue weighted by Crippen LogP contribution is 2.31. The van der Waals surface area contributed by atoms with Gasteiger partial charge in [0, 0.05) is 25.8 Å². The van der Waals surface area contributed by atoms with E-state index in [-0.39, 0.29) is 0 Å². The van der Waals surface area contributed by atoms with Crippen molar-refractivity contribution in [3.8, 4) is 0 Å². The molecule has 1 aliphatic heterocycles. The highest BCUT2D eigenvalue weighted by atomic mass is 16.5. The standard InChI is InChI=1S/C15H29NO2/c1-12-3-7-15(17,8-4-12)11-16-13(2)14-5-9-18-10-6-14/h12-14,16-17H,3-11H2,1-2H3/t12?,13-,15?/m1/s1. The summed E-state index contributed by atoms with van der Waals surface area (Å²) in [5.74, 6) is 1.50. The maximum Gasteiger partial charge on any atom is 0.0771 e. The van der Waals surface area contributed by atoms with Gasteiger partial charge in [0.1, 0.15) is 0 Å². The van der Waals surface area contributed by atoms with Gasteiger partial charge in [0.25, 0.3) is 0 Å². The van der Waals surface area contributed by atoms with Gasteiger partial charge in [-0.25, -0.2) is 0 Å². The molecule has 3 nitrogen and oxygen atoms in total. The van der Waals surface area contributed by atoms with E-state index in [2.05, 4.69) is 19.2 Å². The van der Waals surface area contributed by atoms with Crippen molar-refractivity contribution in [3.63, 3.8) is 0 Å². The molecule has 2 rings (SSSR count). The smallest absolute Gasteiger partial charge is 0.0771 e. The van der Waals surface area contributed by atoms with Crippen LogP contribution in [0.1, 0.15) is 52.4 Å². The fourth-order valence-corrected chi connectivity index (χ4v) is 3.21. The van der Waals surface area contributed by atoms with E-state index < -0.39 is 5.60 Å². The average molecular weight is 255 g/mol. The number of ether oxygens (including phenoxy) is 1. The van der Waals surface area contributed by atoms with Gasteiger partial charge in [0.2, 0.25) is 0 Å². The Hall–Kier alpha value is -0.120. The van der Waals surface area contributed by atoms with Crippen LogP contribution in [0.25, 0.3) is 0 Å². The van der Waals surface area contributed by atoms with E-state index in [1.165, 1.54) is 12.8 Å². The quantitative estimate of drug-likeness (QED) is 0.810. The van der Waals surface area contributed by atoms with Gasteiger partial charge in [-0.05, 0) is 57.3 Å². The maximum atomic E-state index is 10.5. The molecule has 0 aromatic rings. The molecular formula is C15H29NO2. The van der Waals surface area contributed by atoms with Crippen LogP contribution in [0.2, 0.25) is 0 Å². The molecule has 1 heterocycles. The third-order valence-electron chi connectivity index (χ3n) is 4.93. The molecule has 1 saturated carbocycles. The number of rotatable bonds is 4. The molecule has 0 unspecified atom stereocenters. The molecule has 1 aliphatic carbocycles. The van der Waals surface area contributed by atoms with Crippen molar-refractivity contribution >= 4 is 0 Å². The third-order valence-corrected chi connectivity index (χ3v) is 4.93. The monoisotopic (exact) mass is 255 g/mol. The fraction of sp³-hybridized carbons (Fsp3) is 1.00. The third kappa shape index (κ3) is 3.94. The Morgan fingerprint density at radius 3 is 2.44 bits per heavy atom. The van der Waals surface area contributed by atoms with Crippen LogP contribution < -0.4 is 5.32 Å². The summed E-state index contributed by atoms with van der Waals surface area (Å²) < 4.78 is 5.40. The number of aliphatic hydroxyl groups is 1. The first kappa shape index (κ1) is 14.3. The van der Waals surface area contributed by atoms with Crippen LogP contribution in [0, 0.1) is 11.8 Å². The molecule has 0 aromatic carbocycles. The molecule has 2 aliphatic rings. The van der Waals surface area contributed by atoms with Crippen molar-refractivity contribution in [1.29, 1.82) is 0 Å². The van der Waals surface area contributed by atoms with Gasteiger partial charge < -0.3 is 15.2 Å². The molecule has 3 heteroatoms. The van der Waals surface area contributed by atoms with Crippen molar-refractivity contribution in [2.24, 2.45) is 11.8 Å². The zero-order valence-electron chi connectivity index (χ0n) is 12.0. The lowest BCUT2D eigenvalue weighted by molar-refractivity contribution is -0.0120. The van der Waals surface area contributed by atoms with Crippen LogP contribution in [-0.2, 0) is 4.74 Å². The fourth-order valence-electron chi connectivity index (χ4n) is 3.21. The van der Waals surface area contributed by atoms with E-state index in [0.717, 1.165) is 51.4 Å². The summed E-state index contributed by atoms with van der Waals surface area (Å²) in [6.45, 7) is 7.11. The summed E-state index contributed by atoms with van der Waals surface area (Å²) in [7, 11) is 0. The molecule has 106 valence electrons. The zero-order valence-corrected chi connectivity index (χ0v) is 12.0. The molecule has 0 spiro atoms. The lowest BCUT2D eigenvalue weighted by Crippen LogP contribution is -2.48. The average Bonchev–Trinajstić information content (AvgIpc) is 2.41. The second-order valence-corrected chi connectivity index (χ2v) is 6.53. The van der Waals surface area contributed by atoms with Crippen molar-refractivity contribution < 1.29 is 9.84 Å². The lowest BCUT2D eigenvalue weighted by Gasteiger charge is -2.37. The van der Waals surface area contributed by atoms with Gasteiger partial charge in [-0.2, -0.15) is 0 Å². The molecule has 0 amide bonds. The minimum atomic E-state index is -0.452. The van der Waals surface area contributed by atoms with Crippen LogP contribution in [0.15, 0.2) is 0 Å². The Bertz CT molecular complexity index is 243. The molecule has 0 aromatic heterocycles. The Labute approximate surface area is 111 Å². The summed E-state index contributed by atoms with van der Waals surface area (Å²) in [4.78, 5) is 0. The molecule has 2 fully saturated rings. The Morgan fingerprint density at radius 1 is 1.22 bits per heavy atom. The van der Waals surface area contributed by atoms with Gasteiger partial charge in [0.05, 0.1) is 5.60 Å². The molecular weight excluding hydrogens is 226 g/mol. The van der Waals surface area contributed by atoms with Crippen LogP contribution in [0.3, 0.4) is 0 Å². The van der Waals surface area contributed by atoms with Crippen LogP contribution in [0.5, 0.6) is 0 Å². The predicted octanol–water partition coefficient (Wildman–Crippen LogP) is 2.33. The van der Waals surface area contributed by atoms with E-state index in [1.807, 2.05) is 0 Å². The normalized spacial score (nSPS) is 36.5. The van der Waals surface area contributed by atoms with Gasteiger partial charge >= 0.3 is 0 Å². The van der Waals surface area contributed by atoms with E-state index in [0.29, 0.717) is 12.0 Å². The van der Waals surface area contributed by atoms with Crippen LogP contribution in [0.4, 0.5) is 0 Å².